The average molecular weight is 334 g/mol. The number of aromatic nitrogens is 1. The molecule has 124 valence electrons. The summed E-state index contributed by atoms with van der Waals surface area (Å²) < 4.78 is 0. The molecule has 1 N–H and O–H groups in total. The maximum atomic E-state index is 3.75. The van der Waals surface area contributed by atoms with Crippen LogP contribution in [0, 0.1) is 0 Å². The highest BCUT2D eigenvalue weighted by molar-refractivity contribution is 5.80. The predicted molar refractivity (Wildman–Crippen MR) is 107 cm³/mol. The second-order valence-electron chi connectivity index (χ2n) is 6.84. The third kappa shape index (κ3) is 2.53. The van der Waals surface area contributed by atoms with E-state index in [0.29, 0.717) is 0 Å². The highest BCUT2D eigenvalue weighted by atomic mass is 14.7. The van der Waals surface area contributed by atoms with Crippen LogP contribution in [0.2, 0.25) is 0 Å². The van der Waals surface area contributed by atoms with Gasteiger partial charge in [0.25, 0.3) is 0 Å². The van der Waals surface area contributed by atoms with Crippen molar-refractivity contribution in [2.45, 2.75) is 12.8 Å². The van der Waals surface area contributed by atoms with Crippen molar-refractivity contribution in [1.29, 1.82) is 0 Å². The number of aryl methyl sites for hydroxylation is 1. The lowest BCUT2D eigenvalue weighted by Gasteiger charge is -2.19. The van der Waals surface area contributed by atoms with Crippen LogP contribution in [0.15, 0.2) is 91.0 Å². The van der Waals surface area contributed by atoms with E-state index in [2.05, 4.69) is 96.0 Å². The SMILES string of the molecule is c1ccc(-c2cc(-c3ccccc3)c3c([nH+]2)-c2ccccc2CC3)cc1. The molecule has 1 heterocycles. The van der Waals surface area contributed by atoms with Gasteiger partial charge >= 0.3 is 0 Å². The summed E-state index contributed by atoms with van der Waals surface area (Å²) in [6, 6.07) is 32.4. The Morgan fingerprint density at radius 3 is 2.00 bits per heavy atom. The van der Waals surface area contributed by atoms with Gasteiger partial charge in [-0.2, -0.15) is 0 Å². The summed E-state index contributed by atoms with van der Waals surface area (Å²) in [7, 11) is 0. The lowest BCUT2D eigenvalue weighted by Crippen LogP contribution is -2.19. The van der Waals surface area contributed by atoms with Gasteiger partial charge in [-0.1, -0.05) is 66.7 Å². The first-order chi connectivity index (χ1) is 12.9. The summed E-state index contributed by atoms with van der Waals surface area (Å²) >= 11 is 0. The Bertz CT molecular complexity index is 1050. The van der Waals surface area contributed by atoms with Crippen LogP contribution in [0.25, 0.3) is 33.6 Å². The molecule has 0 atom stereocenters. The van der Waals surface area contributed by atoms with Crippen molar-refractivity contribution < 1.29 is 4.98 Å². The largest absolute Gasteiger partial charge is 0.215 e. The minimum Gasteiger partial charge on any atom is -0.204 e. The minimum absolute atomic E-state index is 1.07. The molecular weight excluding hydrogens is 314 g/mol. The molecule has 3 aromatic carbocycles. The fourth-order valence-electron chi connectivity index (χ4n) is 3.99. The molecule has 0 saturated carbocycles. The van der Waals surface area contributed by atoms with E-state index in [0.717, 1.165) is 12.8 Å². The fraction of sp³-hybridized carbons (Fsp3) is 0.0800. The van der Waals surface area contributed by atoms with E-state index in [-0.39, 0.29) is 0 Å². The van der Waals surface area contributed by atoms with Crippen LogP contribution < -0.4 is 4.98 Å². The molecule has 1 aliphatic rings. The molecule has 1 nitrogen and oxygen atoms in total. The van der Waals surface area contributed by atoms with Crippen LogP contribution in [-0.4, -0.2) is 0 Å². The third-order valence-corrected chi connectivity index (χ3v) is 5.28. The lowest BCUT2D eigenvalue weighted by atomic mass is 9.84. The van der Waals surface area contributed by atoms with Gasteiger partial charge < -0.3 is 0 Å². The topological polar surface area (TPSA) is 14.1 Å². The van der Waals surface area contributed by atoms with E-state index in [1.165, 1.54) is 44.8 Å². The Balaban J connectivity index is 1.81. The molecule has 1 aliphatic carbocycles. The molecule has 1 heteroatoms. The number of H-pyrrole nitrogens is 1. The van der Waals surface area contributed by atoms with Crippen LogP contribution in [0.3, 0.4) is 0 Å². The number of benzene rings is 3. The number of nitrogens with one attached hydrogen (secondary N) is 1. The standard InChI is InChI=1S/C25H19N/c1-3-9-18(10-4-1)23-17-24(20-12-5-2-6-13-20)26-25-21-14-8-7-11-19(21)15-16-22(23)25/h1-14,17H,15-16H2/p+1. The first-order valence-electron chi connectivity index (χ1n) is 9.18. The zero-order chi connectivity index (χ0) is 17.3. The zero-order valence-electron chi connectivity index (χ0n) is 14.6. The van der Waals surface area contributed by atoms with Gasteiger partial charge in [-0.15, -0.1) is 0 Å². The van der Waals surface area contributed by atoms with Gasteiger partial charge in [0.2, 0.25) is 11.4 Å². The number of rotatable bonds is 2. The normalized spacial score (nSPS) is 12.3. The smallest absolute Gasteiger partial charge is 0.204 e. The lowest BCUT2D eigenvalue weighted by molar-refractivity contribution is -0.352. The van der Waals surface area contributed by atoms with E-state index in [9.17, 15) is 0 Å². The Morgan fingerprint density at radius 1 is 0.577 bits per heavy atom. The van der Waals surface area contributed by atoms with E-state index in [1.807, 2.05) is 0 Å². The molecule has 0 saturated heterocycles. The monoisotopic (exact) mass is 334 g/mol. The second-order valence-corrected chi connectivity index (χ2v) is 6.84. The van der Waals surface area contributed by atoms with E-state index in [1.54, 1.807) is 0 Å². The summed E-state index contributed by atoms with van der Waals surface area (Å²) in [6.07, 6.45) is 2.17. The Kier molecular flexibility index (Phi) is 3.64. The van der Waals surface area contributed by atoms with Crippen molar-refractivity contribution in [2.75, 3.05) is 0 Å². The molecule has 0 bridgehead atoms. The van der Waals surface area contributed by atoms with Gasteiger partial charge in [0.15, 0.2) is 0 Å². The van der Waals surface area contributed by atoms with Gasteiger partial charge in [0.05, 0.1) is 0 Å². The molecule has 26 heavy (non-hydrogen) atoms. The van der Waals surface area contributed by atoms with Crippen molar-refractivity contribution in [3.63, 3.8) is 0 Å². The highest BCUT2D eigenvalue weighted by Crippen LogP contribution is 2.37. The first kappa shape index (κ1) is 15.1. The number of pyridine rings is 1. The van der Waals surface area contributed by atoms with Crippen LogP contribution >= 0.6 is 0 Å². The minimum atomic E-state index is 1.07. The molecule has 0 radical (unpaired) electrons. The molecular formula is C25H20N+. The van der Waals surface area contributed by atoms with Crippen molar-refractivity contribution >= 4 is 0 Å². The molecule has 0 amide bonds. The van der Waals surface area contributed by atoms with Crippen molar-refractivity contribution in [3.05, 3.63) is 102 Å². The fourth-order valence-corrected chi connectivity index (χ4v) is 3.99. The van der Waals surface area contributed by atoms with Crippen molar-refractivity contribution in [3.8, 4) is 33.6 Å². The Hall–Kier alpha value is -3.19. The summed E-state index contributed by atoms with van der Waals surface area (Å²) in [4.78, 5) is 3.75. The quantitative estimate of drug-likeness (QED) is 0.453. The van der Waals surface area contributed by atoms with Crippen LogP contribution in [0.4, 0.5) is 0 Å². The van der Waals surface area contributed by atoms with E-state index >= 15 is 0 Å². The van der Waals surface area contributed by atoms with Gasteiger partial charge in [-0.05, 0) is 47.7 Å². The van der Waals surface area contributed by atoms with Crippen molar-refractivity contribution in [1.82, 2.24) is 0 Å². The number of fused-ring (bicyclic) bond motifs is 3. The van der Waals surface area contributed by atoms with Gasteiger partial charge in [0.1, 0.15) is 0 Å². The van der Waals surface area contributed by atoms with Gasteiger partial charge in [-0.25, -0.2) is 4.98 Å². The molecule has 0 aliphatic heterocycles. The summed E-state index contributed by atoms with van der Waals surface area (Å²) in [5.41, 5.74) is 10.5. The van der Waals surface area contributed by atoms with Crippen LogP contribution in [0.5, 0.6) is 0 Å². The van der Waals surface area contributed by atoms with Gasteiger partial charge in [0, 0.05) is 22.8 Å². The molecule has 1 aromatic heterocycles. The van der Waals surface area contributed by atoms with Gasteiger partial charge in [-0.3, -0.25) is 0 Å². The second kappa shape index (κ2) is 6.27. The molecule has 0 spiro atoms. The zero-order valence-corrected chi connectivity index (χ0v) is 14.6. The summed E-state index contributed by atoms with van der Waals surface area (Å²) in [5.74, 6) is 0. The predicted octanol–water partition coefficient (Wildman–Crippen LogP) is 5.60. The maximum absolute atomic E-state index is 3.75. The van der Waals surface area contributed by atoms with E-state index < -0.39 is 0 Å². The summed E-state index contributed by atoms with van der Waals surface area (Å²) in [5, 5.41) is 0. The van der Waals surface area contributed by atoms with Crippen LogP contribution in [0.1, 0.15) is 11.1 Å². The van der Waals surface area contributed by atoms with Crippen LogP contribution in [-0.2, 0) is 12.8 Å². The average Bonchev–Trinajstić information content (AvgIpc) is 2.74. The number of hydrogen-bond donors (Lipinski definition) is 0. The number of hydrogen-bond acceptors (Lipinski definition) is 0. The molecule has 5 rings (SSSR count). The molecule has 4 aromatic rings. The molecule has 0 unspecified atom stereocenters. The maximum Gasteiger partial charge on any atom is 0.215 e. The summed E-state index contributed by atoms with van der Waals surface area (Å²) in [6.45, 7) is 0. The van der Waals surface area contributed by atoms with Crippen molar-refractivity contribution in [2.24, 2.45) is 0 Å². The number of aromatic amines is 1. The first-order valence-corrected chi connectivity index (χ1v) is 9.18. The third-order valence-electron chi connectivity index (χ3n) is 5.28. The molecule has 0 fully saturated rings. The Labute approximate surface area is 154 Å². The highest BCUT2D eigenvalue weighted by Gasteiger charge is 2.26. The van der Waals surface area contributed by atoms with E-state index in [4.69, 9.17) is 0 Å². The Morgan fingerprint density at radius 2 is 1.23 bits per heavy atom.